The van der Waals surface area contributed by atoms with Crippen molar-refractivity contribution in [3.63, 3.8) is 0 Å². The normalized spacial score (nSPS) is 22.1. The lowest BCUT2D eigenvalue weighted by Gasteiger charge is -2.13. The van der Waals surface area contributed by atoms with Crippen LogP contribution in [0.4, 0.5) is 5.82 Å². The van der Waals surface area contributed by atoms with Gasteiger partial charge in [-0.25, -0.2) is 4.98 Å². The largest absolute Gasteiger partial charge is 0.497 e. The summed E-state index contributed by atoms with van der Waals surface area (Å²) >= 11 is 0. The molecular weight excluding hydrogens is 248 g/mol. The predicted molar refractivity (Wildman–Crippen MR) is 83.3 cm³/mol. The zero-order valence-electron chi connectivity index (χ0n) is 12.2. The molecule has 1 aromatic heterocycles. The van der Waals surface area contributed by atoms with E-state index in [4.69, 9.17) is 4.74 Å². The number of benzene rings is 1. The molecule has 1 aromatic carbocycles. The Morgan fingerprint density at radius 3 is 2.95 bits per heavy atom. The van der Waals surface area contributed by atoms with Gasteiger partial charge in [0.15, 0.2) is 0 Å². The van der Waals surface area contributed by atoms with E-state index in [1.165, 1.54) is 24.6 Å². The van der Waals surface area contributed by atoms with Gasteiger partial charge < -0.3 is 10.1 Å². The molecule has 1 saturated carbocycles. The number of pyridine rings is 1. The van der Waals surface area contributed by atoms with Gasteiger partial charge in [0.05, 0.1) is 7.11 Å². The molecule has 0 amide bonds. The van der Waals surface area contributed by atoms with Gasteiger partial charge in [0, 0.05) is 18.1 Å². The molecule has 2 atom stereocenters. The van der Waals surface area contributed by atoms with Crippen molar-refractivity contribution >= 4 is 16.6 Å². The third-order valence-electron chi connectivity index (χ3n) is 4.33. The van der Waals surface area contributed by atoms with Crippen LogP contribution < -0.4 is 10.1 Å². The molecule has 0 bridgehead atoms. The molecule has 1 aliphatic rings. The molecule has 0 spiro atoms. The van der Waals surface area contributed by atoms with Gasteiger partial charge in [-0.3, -0.25) is 0 Å². The summed E-state index contributed by atoms with van der Waals surface area (Å²) in [5.74, 6) is 3.51. The molecule has 3 nitrogen and oxygen atoms in total. The fourth-order valence-corrected chi connectivity index (χ4v) is 3.17. The molecule has 1 fully saturated rings. The van der Waals surface area contributed by atoms with Crippen molar-refractivity contribution in [2.24, 2.45) is 11.8 Å². The van der Waals surface area contributed by atoms with Crippen LogP contribution in [0.2, 0.25) is 0 Å². The summed E-state index contributed by atoms with van der Waals surface area (Å²) in [6.45, 7) is 3.37. The summed E-state index contributed by atoms with van der Waals surface area (Å²) in [7, 11) is 1.70. The Balaban J connectivity index is 1.79. The molecule has 1 N–H and O–H groups in total. The maximum atomic E-state index is 5.31. The number of nitrogens with one attached hydrogen (secondary N) is 1. The first kappa shape index (κ1) is 13.2. The van der Waals surface area contributed by atoms with Crippen molar-refractivity contribution < 1.29 is 4.74 Å². The van der Waals surface area contributed by atoms with Crippen LogP contribution in [0.25, 0.3) is 10.8 Å². The molecule has 0 saturated heterocycles. The van der Waals surface area contributed by atoms with E-state index in [2.05, 4.69) is 29.4 Å². The zero-order chi connectivity index (χ0) is 13.9. The van der Waals surface area contributed by atoms with Crippen molar-refractivity contribution in [2.45, 2.75) is 26.2 Å². The zero-order valence-corrected chi connectivity index (χ0v) is 12.2. The molecule has 2 unspecified atom stereocenters. The van der Waals surface area contributed by atoms with Crippen LogP contribution in [0.1, 0.15) is 26.2 Å². The smallest absolute Gasteiger partial charge is 0.133 e. The first-order valence-electron chi connectivity index (χ1n) is 7.43. The Hall–Kier alpha value is -1.77. The van der Waals surface area contributed by atoms with E-state index in [0.29, 0.717) is 0 Å². The SMILES string of the molecule is COc1ccc2ccnc(NCC3CCC(C)C3)c2c1. The maximum absolute atomic E-state index is 5.31. The Morgan fingerprint density at radius 2 is 2.20 bits per heavy atom. The molecule has 1 heterocycles. The highest BCUT2D eigenvalue weighted by Crippen LogP contribution is 2.31. The second-order valence-corrected chi connectivity index (χ2v) is 5.91. The predicted octanol–water partition coefficient (Wildman–Crippen LogP) is 4.09. The minimum absolute atomic E-state index is 0.785. The van der Waals surface area contributed by atoms with Crippen molar-refractivity contribution in [1.29, 1.82) is 0 Å². The van der Waals surface area contributed by atoms with E-state index >= 15 is 0 Å². The first-order valence-corrected chi connectivity index (χ1v) is 7.43. The third kappa shape index (κ3) is 2.72. The van der Waals surface area contributed by atoms with E-state index in [9.17, 15) is 0 Å². The molecule has 106 valence electrons. The van der Waals surface area contributed by atoms with Gasteiger partial charge in [-0.15, -0.1) is 0 Å². The second-order valence-electron chi connectivity index (χ2n) is 5.91. The topological polar surface area (TPSA) is 34.1 Å². The number of fused-ring (bicyclic) bond motifs is 1. The van der Waals surface area contributed by atoms with Crippen LogP contribution in [-0.4, -0.2) is 18.6 Å². The Morgan fingerprint density at radius 1 is 1.30 bits per heavy atom. The van der Waals surface area contributed by atoms with Gasteiger partial charge >= 0.3 is 0 Å². The summed E-state index contributed by atoms with van der Waals surface area (Å²) in [4.78, 5) is 4.50. The molecular formula is C17H22N2O. The standard InChI is InChI=1S/C17H22N2O/c1-12-3-4-13(9-12)11-19-17-16-10-15(20-2)6-5-14(16)7-8-18-17/h5-8,10,12-13H,3-4,9,11H2,1-2H3,(H,18,19). The summed E-state index contributed by atoms with van der Waals surface area (Å²) in [5.41, 5.74) is 0. The number of anilines is 1. The molecule has 20 heavy (non-hydrogen) atoms. The maximum Gasteiger partial charge on any atom is 0.133 e. The molecule has 2 aromatic rings. The molecule has 3 heteroatoms. The van der Waals surface area contributed by atoms with Crippen LogP contribution in [0.5, 0.6) is 5.75 Å². The summed E-state index contributed by atoms with van der Waals surface area (Å²) in [6, 6.07) is 8.17. The minimum Gasteiger partial charge on any atom is -0.497 e. The van der Waals surface area contributed by atoms with Gasteiger partial charge in [0.25, 0.3) is 0 Å². The highest BCUT2D eigenvalue weighted by atomic mass is 16.5. The van der Waals surface area contributed by atoms with Crippen LogP contribution in [0.3, 0.4) is 0 Å². The van der Waals surface area contributed by atoms with Gasteiger partial charge in [-0.1, -0.05) is 19.4 Å². The summed E-state index contributed by atoms with van der Waals surface area (Å²) < 4.78 is 5.31. The average molecular weight is 270 g/mol. The minimum atomic E-state index is 0.785. The lowest BCUT2D eigenvalue weighted by Crippen LogP contribution is -2.12. The number of ether oxygens (including phenoxy) is 1. The number of hydrogen-bond donors (Lipinski definition) is 1. The van der Waals surface area contributed by atoms with E-state index in [1.807, 2.05) is 18.3 Å². The van der Waals surface area contributed by atoms with Gasteiger partial charge in [-0.2, -0.15) is 0 Å². The fraction of sp³-hybridized carbons (Fsp3) is 0.471. The number of methoxy groups -OCH3 is 1. The Bertz CT molecular complexity index is 597. The Labute approximate surface area is 120 Å². The van der Waals surface area contributed by atoms with Gasteiger partial charge in [-0.05, 0) is 48.3 Å². The van der Waals surface area contributed by atoms with Crippen molar-refractivity contribution in [2.75, 3.05) is 19.0 Å². The van der Waals surface area contributed by atoms with E-state index < -0.39 is 0 Å². The van der Waals surface area contributed by atoms with Gasteiger partial charge in [0.1, 0.15) is 11.6 Å². The Kier molecular flexibility index (Phi) is 3.77. The summed E-state index contributed by atoms with van der Waals surface area (Å²) in [6.07, 6.45) is 5.90. The van der Waals surface area contributed by atoms with E-state index in [1.54, 1.807) is 7.11 Å². The van der Waals surface area contributed by atoms with Crippen LogP contribution in [-0.2, 0) is 0 Å². The van der Waals surface area contributed by atoms with E-state index in [-0.39, 0.29) is 0 Å². The monoisotopic (exact) mass is 270 g/mol. The molecule has 3 rings (SSSR count). The van der Waals surface area contributed by atoms with Crippen molar-refractivity contribution in [1.82, 2.24) is 4.98 Å². The highest BCUT2D eigenvalue weighted by Gasteiger charge is 2.21. The van der Waals surface area contributed by atoms with E-state index in [0.717, 1.165) is 35.3 Å². The number of aromatic nitrogens is 1. The number of nitrogens with zero attached hydrogens (tertiary/aromatic N) is 1. The average Bonchev–Trinajstić information content (AvgIpc) is 2.90. The highest BCUT2D eigenvalue weighted by molar-refractivity contribution is 5.92. The number of hydrogen-bond acceptors (Lipinski definition) is 3. The molecule has 0 radical (unpaired) electrons. The molecule has 0 aliphatic heterocycles. The lowest BCUT2D eigenvalue weighted by molar-refractivity contribution is 0.415. The second kappa shape index (κ2) is 5.70. The number of rotatable bonds is 4. The van der Waals surface area contributed by atoms with Crippen LogP contribution in [0.15, 0.2) is 30.5 Å². The summed E-state index contributed by atoms with van der Waals surface area (Å²) in [5, 5.41) is 5.87. The third-order valence-corrected chi connectivity index (χ3v) is 4.33. The van der Waals surface area contributed by atoms with Crippen LogP contribution >= 0.6 is 0 Å². The van der Waals surface area contributed by atoms with Gasteiger partial charge in [0.2, 0.25) is 0 Å². The van der Waals surface area contributed by atoms with Crippen molar-refractivity contribution in [3.8, 4) is 5.75 Å². The first-order chi connectivity index (χ1) is 9.76. The quantitative estimate of drug-likeness (QED) is 0.908. The molecule has 1 aliphatic carbocycles. The van der Waals surface area contributed by atoms with Crippen LogP contribution in [0, 0.1) is 11.8 Å². The van der Waals surface area contributed by atoms with Crippen molar-refractivity contribution in [3.05, 3.63) is 30.5 Å². The fourth-order valence-electron chi connectivity index (χ4n) is 3.17. The lowest BCUT2D eigenvalue weighted by atomic mass is 10.1.